The SMILES string of the molecule is O=C(O)C1C2CC2N1C(=O)OCC1c2ccccc2-c2ccccc21. The van der Waals surface area contributed by atoms with Crippen LogP contribution in [0.1, 0.15) is 23.5 Å². The maximum atomic E-state index is 12.4. The van der Waals surface area contributed by atoms with Crippen molar-refractivity contribution in [2.75, 3.05) is 6.61 Å². The summed E-state index contributed by atoms with van der Waals surface area (Å²) in [5.74, 6) is -0.818. The zero-order valence-electron chi connectivity index (χ0n) is 13.5. The average molecular weight is 335 g/mol. The van der Waals surface area contributed by atoms with Crippen molar-refractivity contribution >= 4 is 12.1 Å². The summed E-state index contributed by atoms with van der Waals surface area (Å²) in [7, 11) is 0. The first kappa shape index (κ1) is 14.5. The van der Waals surface area contributed by atoms with Gasteiger partial charge in [-0.15, -0.1) is 0 Å². The summed E-state index contributed by atoms with van der Waals surface area (Å²) in [6.07, 6.45) is 0.272. The first-order chi connectivity index (χ1) is 12.2. The van der Waals surface area contributed by atoms with E-state index < -0.39 is 18.1 Å². The Labute approximate surface area is 144 Å². The number of fused-ring (bicyclic) bond motifs is 4. The molecule has 5 rings (SSSR count). The minimum absolute atomic E-state index is 0.00379. The Morgan fingerprint density at radius 2 is 1.64 bits per heavy atom. The Hall–Kier alpha value is -2.82. The summed E-state index contributed by atoms with van der Waals surface area (Å²) in [5.41, 5.74) is 4.65. The fourth-order valence-corrected chi connectivity index (χ4v) is 4.39. The van der Waals surface area contributed by atoms with Crippen molar-refractivity contribution in [1.29, 1.82) is 0 Å². The maximum absolute atomic E-state index is 12.4. The number of aliphatic carboxylic acids is 1. The molecule has 1 saturated carbocycles. The Kier molecular flexibility index (Phi) is 2.95. The number of rotatable bonds is 3. The third-order valence-corrected chi connectivity index (χ3v) is 5.67. The topological polar surface area (TPSA) is 66.8 Å². The molecule has 0 radical (unpaired) electrons. The third kappa shape index (κ3) is 2.02. The van der Waals surface area contributed by atoms with Crippen molar-refractivity contribution in [3.8, 4) is 11.1 Å². The normalized spacial score (nSPS) is 25.4. The molecular formula is C20H17NO4. The zero-order chi connectivity index (χ0) is 17.1. The van der Waals surface area contributed by atoms with Gasteiger partial charge < -0.3 is 9.84 Å². The fourth-order valence-electron chi connectivity index (χ4n) is 4.39. The second kappa shape index (κ2) is 5.09. The van der Waals surface area contributed by atoms with E-state index in [0.29, 0.717) is 0 Å². The molecule has 2 fully saturated rings. The minimum Gasteiger partial charge on any atom is -0.480 e. The van der Waals surface area contributed by atoms with E-state index in [-0.39, 0.29) is 24.5 Å². The fraction of sp³-hybridized carbons (Fsp3) is 0.300. The van der Waals surface area contributed by atoms with Gasteiger partial charge >= 0.3 is 12.1 Å². The van der Waals surface area contributed by atoms with Gasteiger partial charge in [0.1, 0.15) is 12.6 Å². The van der Waals surface area contributed by atoms with Crippen molar-refractivity contribution in [2.45, 2.75) is 24.4 Å². The summed E-state index contributed by atoms with van der Waals surface area (Å²) in [6, 6.07) is 15.7. The molecule has 1 saturated heterocycles. The number of carboxylic acid groups (broad SMARTS) is 1. The van der Waals surface area contributed by atoms with Crippen LogP contribution in [0.5, 0.6) is 0 Å². The Morgan fingerprint density at radius 3 is 2.24 bits per heavy atom. The molecule has 126 valence electrons. The van der Waals surface area contributed by atoms with Crippen molar-refractivity contribution in [3.05, 3.63) is 59.7 Å². The highest BCUT2D eigenvalue weighted by molar-refractivity contribution is 5.85. The summed E-state index contributed by atoms with van der Waals surface area (Å²) in [5, 5.41) is 9.24. The van der Waals surface area contributed by atoms with E-state index in [4.69, 9.17) is 4.74 Å². The molecular weight excluding hydrogens is 318 g/mol. The molecule has 2 aromatic carbocycles. The van der Waals surface area contributed by atoms with Gasteiger partial charge in [0.05, 0.1) is 0 Å². The summed E-state index contributed by atoms with van der Waals surface area (Å²) >= 11 is 0. The van der Waals surface area contributed by atoms with Gasteiger partial charge in [-0.1, -0.05) is 48.5 Å². The largest absolute Gasteiger partial charge is 0.480 e. The van der Waals surface area contributed by atoms with E-state index in [9.17, 15) is 14.7 Å². The number of likely N-dealkylation sites (tertiary alicyclic amines) is 1. The predicted octanol–water partition coefficient (Wildman–Crippen LogP) is 3.09. The van der Waals surface area contributed by atoms with Crippen molar-refractivity contribution in [2.24, 2.45) is 5.92 Å². The van der Waals surface area contributed by atoms with E-state index >= 15 is 0 Å². The van der Waals surface area contributed by atoms with E-state index in [1.807, 2.05) is 24.3 Å². The monoisotopic (exact) mass is 335 g/mol. The standard InChI is InChI=1S/C20H17NO4/c22-19(23)18-15-9-17(15)21(18)20(24)25-10-16-13-7-3-1-5-11(13)12-6-2-4-8-14(12)16/h1-8,15-18H,9-10H2,(H,22,23). The summed E-state index contributed by atoms with van der Waals surface area (Å²) < 4.78 is 5.54. The van der Waals surface area contributed by atoms with E-state index in [2.05, 4.69) is 24.3 Å². The van der Waals surface area contributed by atoms with Crippen LogP contribution >= 0.6 is 0 Å². The van der Waals surface area contributed by atoms with Crippen LogP contribution in [-0.2, 0) is 9.53 Å². The van der Waals surface area contributed by atoms with Gasteiger partial charge in [0.25, 0.3) is 0 Å². The molecule has 1 N–H and O–H groups in total. The molecule has 3 atom stereocenters. The van der Waals surface area contributed by atoms with Crippen LogP contribution in [0.4, 0.5) is 4.79 Å². The first-order valence-corrected chi connectivity index (χ1v) is 8.53. The predicted molar refractivity (Wildman–Crippen MR) is 90.2 cm³/mol. The lowest BCUT2D eigenvalue weighted by Gasteiger charge is -2.36. The van der Waals surface area contributed by atoms with E-state index in [1.165, 1.54) is 16.0 Å². The van der Waals surface area contributed by atoms with Gasteiger partial charge in [0.15, 0.2) is 0 Å². The molecule has 5 nitrogen and oxygen atoms in total. The molecule has 1 heterocycles. The highest BCUT2D eigenvalue weighted by Gasteiger charge is 2.66. The van der Waals surface area contributed by atoms with Crippen molar-refractivity contribution < 1.29 is 19.4 Å². The van der Waals surface area contributed by atoms with Gasteiger partial charge in [0.2, 0.25) is 0 Å². The number of hydrogen-bond acceptors (Lipinski definition) is 3. The maximum Gasteiger partial charge on any atom is 0.410 e. The summed E-state index contributed by atoms with van der Waals surface area (Å²) in [6.45, 7) is 0.229. The van der Waals surface area contributed by atoms with Crippen LogP contribution in [-0.4, -0.2) is 40.8 Å². The Bertz CT molecular complexity index is 847. The Balaban J connectivity index is 1.36. The number of carbonyl (C=O) groups is 2. The molecule has 0 bridgehead atoms. The third-order valence-electron chi connectivity index (χ3n) is 5.67. The van der Waals surface area contributed by atoms with Crippen LogP contribution < -0.4 is 0 Å². The lowest BCUT2D eigenvalue weighted by molar-refractivity contribution is -0.147. The van der Waals surface area contributed by atoms with Crippen molar-refractivity contribution in [1.82, 2.24) is 4.90 Å². The molecule has 0 spiro atoms. The number of nitrogens with zero attached hydrogens (tertiary/aromatic N) is 1. The lowest BCUT2D eigenvalue weighted by atomic mass is 9.98. The van der Waals surface area contributed by atoms with Gasteiger partial charge in [-0.2, -0.15) is 0 Å². The smallest absolute Gasteiger partial charge is 0.410 e. The lowest BCUT2D eigenvalue weighted by Crippen LogP contribution is -2.56. The van der Waals surface area contributed by atoms with E-state index in [0.717, 1.165) is 17.5 Å². The molecule has 1 amide bonds. The quantitative estimate of drug-likeness (QED) is 0.936. The molecule has 25 heavy (non-hydrogen) atoms. The number of carbonyl (C=O) groups excluding carboxylic acids is 1. The molecule has 1 aliphatic heterocycles. The molecule has 3 aliphatic rings. The molecule has 0 aromatic heterocycles. The first-order valence-electron chi connectivity index (χ1n) is 8.53. The number of carboxylic acids is 1. The zero-order valence-corrected chi connectivity index (χ0v) is 13.5. The molecule has 5 heteroatoms. The second-order valence-corrected chi connectivity index (χ2v) is 6.96. The van der Waals surface area contributed by atoms with Crippen LogP contribution in [0.3, 0.4) is 0 Å². The van der Waals surface area contributed by atoms with Gasteiger partial charge in [-0.25, -0.2) is 9.59 Å². The highest BCUT2D eigenvalue weighted by atomic mass is 16.6. The molecule has 2 aromatic rings. The number of ether oxygens (including phenoxy) is 1. The van der Waals surface area contributed by atoms with Crippen LogP contribution in [0.15, 0.2) is 48.5 Å². The number of amides is 1. The summed E-state index contributed by atoms with van der Waals surface area (Å²) in [4.78, 5) is 25.1. The van der Waals surface area contributed by atoms with Gasteiger partial charge in [-0.3, -0.25) is 4.90 Å². The minimum atomic E-state index is -0.938. The van der Waals surface area contributed by atoms with Crippen LogP contribution in [0, 0.1) is 5.92 Å². The van der Waals surface area contributed by atoms with Gasteiger partial charge in [-0.05, 0) is 28.7 Å². The molecule has 3 unspecified atom stereocenters. The number of benzene rings is 2. The van der Waals surface area contributed by atoms with E-state index in [1.54, 1.807) is 0 Å². The number of hydrogen-bond donors (Lipinski definition) is 1. The van der Waals surface area contributed by atoms with Crippen LogP contribution in [0.2, 0.25) is 0 Å². The average Bonchev–Trinajstić information content (AvgIpc) is 3.17. The van der Waals surface area contributed by atoms with Gasteiger partial charge in [0, 0.05) is 17.9 Å². The second-order valence-electron chi connectivity index (χ2n) is 6.96. The molecule has 2 aliphatic carbocycles. The highest BCUT2D eigenvalue weighted by Crippen LogP contribution is 2.52. The van der Waals surface area contributed by atoms with Crippen molar-refractivity contribution in [3.63, 3.8) is 0 Å². The Morgan fingerprint density at radius 1 is 1.04 bits per heavy atom. The van der Waals surface area contributed by atoms with Crippen LogP contribution in [0.25, 0.3) is 11.1 Å².